The first-order chi connectivity index (χ1) is 11.2. The standard InChI is InChI=1S/C16H16F3NO2S2/c1-15(22,16(17,18)19)9-13(21)20-6-4-11-10(5-8-24-11)14(20)12-3-2-7-23-12/h2-3,5,7-8,14,22H,4,6,9H2,1H3/t14-,15-/m0/s1. The van der Waals surface area contributed by atoms with Crippen molar-refractivity contribution in [3.63, 3.8) is 0 Å². The summed E-state index contributed by atoms with van der Waals surface area (Å²) >= 11 is 3.06. The molecule has 1 N–H and O–H groups in total. The predicted octanol–water partition coefficient (Wildman–Crippen LogP) is 3.99. The molecule has 3 rings (SSSR count). The van der Waals surface area contributed by atoms with E-state index in [9.17, 15) is 23.1 Å². The Kier molecular flexibility index (Phi) is 4.48. The SMILES string of the molecule is C[C@](O)(CC(=O)N1CCc2sccc2[C@H]1c1cccs1)C(F)(F)F. The van der Waals surface area contributed by atoms with Crippen molar-refractivity contribution in [1.82, 2.24) is 4.90 Å². The third kappa shape index (κ3) is 3.10. The summed E-state index contributed by atoms with van der Waals surface area (Å²) in [5, 5.41) is 13.5. The van der Waals surface area contributed by atoms with Gasteiger partial charge in [0.15, 0.2) is 5.60 Å². The molecule has 0 radical (unpaired) electrons. The number of thiophene rings is 2. The van der Waals surface area contributed by atoms with Gasteiger partial charge in [-0.3, -0.25) is 4.79 Å². The van der Waals surface area contributed by atoms with E-state index in [1.54, 1.807) is 11.3 Å². The summed E-state index contributed by atoms with van der Waals surface area (Å²) in [4.78, 5) is 16.1. The smallest absolute Gasteiger partial charge is 0.380 e. The van der Waals surface area contributed by atoms with Gasteiger partial charge in [-0.1, -0.05) is 6.07 Å². The first-order valence-corrected chi connectivity index (χ1v) is 9.15. The molecular formula is C16H16F3NO2S2. The molecule has 0 saturated carbocycles. The zero-order valence-corrected chi connectivity index (χ0v) is 14.5. The largest absolute Gasteiger partial charge is 0.417 e. The van der Waals surface area contributed by atoms with E-state index in [2.05, 4.69) is 0 Å². The summed E-state index contributed by atoms with van der Waals surface area (Å²) in [6.07, 6.45) is -5.20. The fourth-order valence-electron chi connectivity index (χ4n) is 2.83. The molecule has 0 fully saturated rings. The summed E-state index contributed by atoms with van der Waals surface area (Å²) in [6, 6.07) is 5.28. The number of fused-ring (bicyclic) bond motifs is 1. The van der Waals surface area contributed by atoms with Gasteiger partial charge in [-0.15, -0.1) is 22.7 Å². The average Bonchev–Trinajstić information content (AvgIpc) is 3.15. The van der Waals surface area contributed by atoms with Crippen molar-refractivity contribution in [3.05, 3.63) is 44.3 Å². The maximum atomic E-state index is 12.9. The lowest BCUT2D eigenvalue weighted by Gasteiger charge is -2.37. The summed E-state index contributed by atoms with van der Waals surface area (Å²) in [5.41, 5.74) is -2.06. The number of halogens is 3. The van der Waals surface area contributed by atoms with Gasteiger partial charge in [-0.2, -0.15) is 13.2 Å². The number of hydrogen-bond acceptors (Lipinski definition) is 4. The van der Waals surface area contributed by atoms with Crippen LogP contribution in [0.3, 0.4) is 0 Å². The van der Waals surface area contributed by atoms with Crippen LogP contribution in [0.1, 0.15) is 34.7 Å². The second kappa shape index (κ2) is 6.16. The molecule has 3 heterocycles. The highest BCUT2D eigenvalue weighted by molar-refractivity contribution is 7.10. The highest BCUT2D eigenvalue weighted by Gasteiger charge is 2.52. The molecule has 1 amide bonds. The fraction of sp³-hybridized carbons (Fsp3) is 0.438. The van der Waals surface area contributed by atoms with Crippen LogP contribution in [0.25, 0.3) is 0 Å². The molecule has 130 valence electrons. The van der Waals surface area contributed by atoms with Crippen molar-refractivity contribution in [2.45, 2.75) is 37.6 Å². The van der Waals surface area contributed by atoms with Crippen LogP contribution in [0, 0.1) is 0 Å². The summed E-state index contributed by atoms with van der Waals surface area (Å²) < 4.78 is 38.7. The first-order valence-electron chi connectivity index (χ1n) is 7.39. The number of nitrogens with zero attached hydrogens (tertiary/aromatic N) is 1. The Balaban J connectivity index is 1.91. The molecule has 0 bridgehead atoms. The van der Waals surface area contributed by atoms with Gasteiger partial charge in [0.1, 0.15) is 0 Å². The number of amides is 1. The maximum absolute atomic E-state index is 12.9. The number of carbonyl (C=O) groups excluding carboxylic acids is 1. The van der Waals surface area contributed by atoms with Gasteiger partial charge in [0.05, 0.1) is 12.5 Å². The molecule has 8 heteroatoms. The van der Waals surface area contributed by atoms with Crippen LogP contribution in [-0.4, -0.2) is 34.2 Å². The summed E-state index contributed by atoms with van der Waals surface area (Å²) in [5.74, 6) is -0.687. The number of rotatable bonds is 3. The molecule has 0 unspecified atom stereocenters. The van der Waals surface area contributed by atoms with E-state index in [0.717, 1.165) is 15.3 Å². The Morgan fingerprint density at radius 3 is 2.71 bits per heavy atom. The van der Waals surface area contributed by atoms with Crippen molar-refractivity contribution >= 4 is 28.6 Å². The van der Waals surface area contributed by atoms with Gasteiger partial charge >= 0.3 is 6.18 Å². The van der Waals surface area contributed by atoms with Gasteiger partial charge < -0.3 is 10.0 Å². The van der Waals surface area contributed by atoms with Crippen molar-refractivity contribution in [3.8, 4) is 0 Å². The van der Waals surface area contributed by atoms with E-state index in [1.807, 2.05) is 29.0 Å². The molecule has 2 aromatic rings. The molecule has 2 atom stereocenters. The van der Waals surface area contributed by atoms with E-state index in [0.29, 0.717) is 19.9 Å². The highest BCUT2D eigenvalue weighted by atomic mass is 32.1. The van der Waals surface area contributed by atoms with E-state index < -0.39 is 24.1 Å². The highest BCUT2D eigenvalue weighted by Crippen LogP contribution is 2.41. The minimum Gasteiger partial charge on any atom is -0.380 e. The number of hydrogen-bond donors (Lipinski definition) is 1. The molecule has 2 aromatic heterocycles. The van der Waals surface area contributed by atoms with Crippen LogP contribution in [0.15, 0.2) is 29.0 Å². The molecular weight excluding hydrogens is 359 g/mol. The monoisotopic (exact) mass is 375 g/mol. The van der Waals surface area contributed by atoms with E-state index in [-0.39, 0.29) is 6.04 Å². The summed E-state index contributed by atoms with van der Waals surface area (Å²) in [6.45, 7) is 0.994. The van der Waals surface area contributed by atoms with Gasteiger partial charge in [-0.05, 0) is 41.8 Å². The van der Waals surface area contributed by atoms with Gasteiger partial charge in [0, 0.05) is 16.3 Å². The Bertz CT molecular complexity index is 722. The van der Waals surface area contributed by atoms with Crippen LogP contribution in [-0.2, 0) is 11.2 Å². The van der Waals surface area contributed by atoms with Crippen molar-refractivity contribution in [1.29, 1.82) is 0 Å². The average molecular weight is 375 g/mol. The Hall–Kier alpha value is -1.38. The fourth-order valence-corrected chi connectivity index (χ4v) is 4.59. The normalized spacial score (nSPS) is 20.5. The zero-order valence-electron chi connectivity index (χ0n) is 12.8. The van der Waals surface area contributed by atoms with Gasteiger partial charge in [0.25, 0.3) is 0 Å². The summed E-state index contributed by atoms with van der Waals surface area (Å²) in [7, 11) is 0. The predicted molar refractivity (Wildman–Crippen MR) is 87.2 cm³/mol. The molecule has 0 aromatic carbocycles. The Labute approximate surface area is 145 Å². The quantitative estimate of drug-likeness (QED) is 0.881. The van der Waals surface area contributed by atoms with Crippen molar-refractivity contribution in [2.75, 3.05) is 6.54 Å². The van der Waals surface area contributed by atoms with E-state index >= 15 is 0 Å². The number of aliphatic hydroxyl groups is 1. The molecule has 0 saturated heterocycles. The molecule has 1 aliphatic rings. The second-order valence-corrected chi connectivity index (χ2v) is 7.98. The van der Waals surface area contributed by atoms with Gasteiger partial charge in [-0.25, -0.2) is 0 Å². The van der Waals surface area contributed by atoms with Crippen LogP contribution in [0.2, 0.25) is 0 Å². The van der Waals surface area contributed by atoms with Crippen molar-refractivity contribution < 1.29 is 23.1 Å². The van der Waals surface area contributed by atoms with Crippen LogP contribution in [0.4, 0.5) is 13.2 Å². The Morgan fingerprint density at radius 2 is 2.08 bits per heavy atom. The molecule has 0 spiro atoms. The van der Waals surface area contributed by atoms with E-state index in [1.165, 1.54) is 16.2 Å². The van der Waals surface area contributed by atoms with Crippen LogP contribution in [0.5, 0.6) is 0 Å². The Morgan fingerprint density at radius 1 is 1.33 bits per heavy atom. The molecule has 0 aliphatic carbocycles. The van der Waals surface area contributed by atoms with Crippen LogP contribution < -0.4 is 0 Å². The zero-order chi connectivity index (χ0) is 17.5. The number of alkyl halides is 3. The van der Waals surface area contributed by atoms with Crippen molar-refractivity contribution in [2.24, 2.45) is 0 Å². The third-order valence-corrected chi connectivity index (χ3v) is 6.13. The topological polar surface area (TPSA) is 40.5 Å². The van der Waals surface area contributed by atoms with Crippen LogP contribution >= 0.6 is 22.7 Å². The minimum atomic E-state index is -4.84. The molecule has 24 heavy (non-hydrogen) atoms. The second-order valence-electron chi connectivity index (χ2n) is 6.00. The lowest BCUT2D eigenvalue weighted by molar-refractivity contribution is -0.254. The lowest BCUT2D eigenvalue weighted by Crippen LogP contribution is -2.48. The van der Waals surface area contributed by atoms with Gasteiger partial charge in [0.2, 0.25) is 5.91 Å². The first kappa shape index (κ1) is 17.4. The molecule has 3 nitrogen and oxygen atoms in total. The maximum Gasteiger partial charge on any atom is 0.417 e. The molecule has 1 aliphatic heterocycles. The minimum absolute atomic E-state index is 0.350. The third-order valence-electron chi connectivity index (χ3n) is 4.21. The number of carbonyl (C=O) groups is 1. The lowest BCUT2D eigenvalue weighted by atomic mass is 9.95. The van der Waals surface area contributed by atoms with E-state index in [4.69, 9.17) is 0 Å².